The van der Waals surface area contributed by atoms with Crippen LogP contribution in [0.4, 0.5) is 0 Å². The molecule has 0 aromatic heterocycles. The molecule has 0 bridgehead atoms. The molecule has 4 saturated carbocycles. The first kappa shape index (κ1) is 18.4. The first-order chi connectivity index (χ1) is 14.3. The molecular formula is C25H38O4. The largest absolute Gasteiger partial charge is 0.370 e. The van der Waals surface area contributed by atoms with Crippen LogP contribution < -0.4 is 0 Å². The average Bonchev–Trinajstić information content (AvgIpc) is 3.58. The molecule has 0 spiro atoms. The summed E-state index contributed by atoms with van der Waals surface area (Å²) in [5, 5.41) is 0. The van der Waals surface area contributed by atoms with Crippen LogP contribution in [-0.2, 0) is 18.9 Å². The molecule has 4 unspecified atom stereocenters. The molecule has 0 amide bonds. The minimum absolute atomic E-state index is 0.659. The van der Waals surface area contributed by atoms with E-state index in [1.807, 2.05) is 0 Å². The van der Waals surface area contributed by atoms with E-state index in [2.05, 4.69) is 0 Å². The van der Waals surface area contributed by atoms with Gasteiger partial charge < -0.3 is 18.9 Å². The standard InChI is InChI=1S/C13H20O2.C12H18O2/c1-3-10-12(14-10)6-8(1)5-9-2-4-11-13(7-9)15-11;1-3-9-11(13-9)5-7(1)8-2-4-10-12(6-8)14-10/h8-13H,1-7H2;7-12H,1-6H2/t8?,9?,10-,11+,12+,13-;7?,8?,9-,10-,11+,12+/m.1/s1. The maximum atomic E-state index is 5.60. The third kappa shape index (κ3) is 4.04. The number of hydrogen-bond acceptors (Lipinski definition) is 4. The van der Waals surface area contributed by atoms with Gasteiger partial charge in [-0.1, -0.05) is 0 Å². The second-order valence-corrected chi connectivity index (χ2v) is 11.6. The van der Waals surface area contributed by atoms with Gasteiger partial charge in [-0.2, -0.15) is 0 Å². The van der Waals surface area contributed by atoms with Crippen LogP contribution in [0.25, 0.3) is 0 Å². The molecule has 4 aliphatic heterocycles. The van der Waals surface area contributed by atoms with Crippen molar-refractivity contribution in [3.8, 4) is 0 Å². The van der Waals surface area contributed by atoms with Gasteiger partial charge in [-0.3, -0.25) is 0 Å². The minimum Gasteiger partial charge on any atom is -0.370 e. The number of fused-ring (bicyclic) bond motifs is 4. The smallest absolute Gasteiger partial charge is 0.0844 e. The summed E-state index contributed by atoms with van der Waals surface area (Å²) >= 11 is 0. The number of hydrogen-bond donors (Lipinski definition) is 0. The molecule has 29 heavy (non-hydrogen) atoms. The summed E-state index contributed by atoms with van der Waals surface area (Å²) in [6, 6.07) is 0. The van der Waals surface area contributed by atoms with E-state index >= 15 is 0 Å². The molecular weight excluding hydrogens is 364 g/mol. The van der Waals surface area contributed by atoms with Gasteiger partial charge in [-0.15, -0.1) is 0 Å². The van der Waals surface area contributed by atoms with Crippen LogP contribution in [0.2, 0.25) is 0 Å². The molecule has 4 heteroatoms. The first-order valence-corrected chi connectivity index (χ1v) is 12.9. The molecule has 4 aliphatic carbocycles. The molecule has 0 radical (unpaired) electrons. The van der Waals surface area contributed by atoms with Gasteiger partial charge in [0, 0.05) is 0 Å². The second-order valence-electron chi connectivity index (χ2n) is 11.6. The van der Waals surface area contributed by atoms with E-state index < -0.39 is 0 Å². The predicted molar refractivity (Wildman–Crippen MR) is 109 cm³/mol. The molecule has 4 saturated heterocycles. The van der Waals surface area contributed by atoms with Crippen LogP contribution >= 0.6 is 0 Å². The number of rotatable bonds is 3. The SMILES string of the molecule is C1C[C@H]2O[C@H]2CC1C1CC[C@H]2O[C@H]2C1.C1C[C@H]2O[C@H]2CC1CC1CC[C@@H]2O[C@@H]2C1. The van der Waals surface area contributed by atoms with Gasteiger partial charge in [0.05, 0.1) is 48.8 Å². The van der Waals surface area contributed by atoms with Gasteiger partial charge in [0.25, 0.3) is 0 Å². The first-order valence-electron chi connectivity index (χ1n) is 12.9. The lowest BCUT2D eigenvalue weighted by molar-refractivity contribution is 0.217. The van der Waals surface area contributed by atoms with Crippen LogP contribution in [0.3, 0.4) is 0 Å². The van der Waals surface area contributed by atoms with E-state index in [1.165, 1.54) is 83.5 Å². The van der Waals surface area contributed by atoms with Crippen molar-refractivity contribution < 1.29 is 18.9 Å². The Labute approximate surface area is 175 Å². The Kier molecular flexibility index (Phi) is 4.56. The number of ether oxygens (including phenoxy) is 4. The average molecular weight is 403 g/mol. The highest BCUT2D eigenvalue weighted by molar-refractivity contribution is 4.99. The van der Waals surface area contributed by atoms with Gasteiger partial charge in [0.1, 0.15) is 0 Å². The van der Waals surface area contributed by atoms with E-state index in [9.17, 15) is 0 Å². The van der Waals surface area contributed by atoms with Crippen molar-refractivity contribution in [2.45, 2.75) is 132 Å². The molecule has 0 aromatic carbocycles. The van der Waals surface area contributed by atoms with Crippen molar-refractivity contribution in [1.29, 1.82) is 0 Å². The van der Waals surface area contributed by atoms with Crippen LogP contribution in [0.1, 0.15) is 83.5 Å². The van der Waals surface area contributed by atoms with Crippen LogP contribution in [0, 0.1) is 23.7 Å². The third-order valence-corrected chi connectivity index (χ3v) is 9.65. The molecule has 12 atom stereocenters. The summed E-state index contributed by atoms with van der Waals surface area (Å²) in [6.07, 6.45) is 23.2. The zero-order chi connectivity index (χ0) is 18.9. The van der Waals surface area contributed by atoms with Crippen LogP contribution in [0.5, 0.6) is 0 Å². The fraction of sp³-hybridized carbons (Fsp3) is 1.00. The van der Waals surface area contributed by atoms with Gasteiger partial charge >= 0.3 is 0 Å². The molecule has 8 rings (SSSR count). The van der Waals surface area contributed by atoms with Gasteiger partial charge in [-0.25, -0.2) is 0 Å². The highest BCUT2D eigenvalue weighted by Gasteiger charge is 2.50. The lowest BCUT2D eigenvalue weighted by Crippen LogP contribution is -2.26. The normalized spacial score (nSPS) is 58.3. The summed E-state index contributed by atoms with van der Waals surface area (Å²) < 4.78 is 22.4. The summed E-state index contributed by atoms with van der Waals surface area (Å²) in [4.78, 5) is 0. The third-order valence-electron chi connectivity index (χ3n) is 9.65. The maximum Gasteiger partial charge on any atom is 0.0844 e. The van der Waals surface area contributed by atoms with Crippen LogP contribution in [-0.4, -0.2) is 48.8 Å². The van der Waals surface area contributed by atoms with Gasteiger partial charge in [-0.05, 0) is 107 Å². The lowest BCUT2D eigenvalue weighted by Gasteiger charge is -2.30. The van der Waals surface area contributed by atoms with E-state index in [0.29, 0.717) is 48.8 Å². The van der Waals surface area contributed by atoms with E-state index in [4.69, 9.17) is 18.9 Å². The molecule has 4 heterocycles. The molecule has 162 valence electrons. The highest BCUT2D eigenvalue weighted by Crippen LogP contribution is 2.49. The van der Waals surface area contributed by atoms with Crippen molar-refractivity contribution in [3.05, 3.63) is 0 Å². The minimum atomic E-state index is 0.659. The Morgan fingerprint density at radius 2 is 0.759 bits per heavy atom. The summed E-state index contributed by atoms with van der Waals surface area (Å²) in [7, 11) is 0. The Bertz CT molecular complexity index is 572. The summed E-state index contributed by atoms with van der Waals surface area (Å²) in [5.74, 6) is 3.86. The monoisotopic (exact) mass is 402 g/mol. The zero-order valence-corrected chi connectivity index (χ0v) is 17.8. The second kappa shape index (κ2) is 7.18. The topological polar surface area (TPSA) is 50.1 Å². The summed E-state index contributed by atoms with van der Waals surface area (Å²) in [6.45, 7) is 0. The molecule has 0 N–H and O–H groups in total. The summed E-state index contributed by atoms with van der Waals surface area (Å²) in [5.41, 5.74) is 0. The Balaban J connectivity index is 0.000000106. The van der Waals surface area contributed by atoms with Crippen molar-refractivity contribution in [1.82, 2.24) is 0 Å². The van der Waals surface area contributed by atoms with E-state index in [-0.39, 0.29) is 0 Å². The van der Waals surface area contributed by atoms with E-state index in [1.54, 1.807) is 0 Å². The van der Waals surface area contributed by atoms with Crippen molar-refractivity contribution >= 4 is 0 Å². The fourth-order valence-corrected chi connectivity index (χ4v) is 7.60. The van der Waals surface area contributed by atoms with Gasteiger partial charge in [0.2, 0.25) is 0 Å². The maximum absolute atomic E-state index is 5.60. The Morgan fingerprint density at radius 3 is 1.14 bits per heavy atom. The Hall–Kier alpha value is -0.160. The zero-order valence-electron chi connectivity index (χ0n) is 17.8. The molecule has 0 aromatic rings. The van der Waals surface area contributed by atoms with Crippen molar-refractivity contribution in [2.24, 2.45) is 23.7 Å². The fourth-order valence-electron chi connectivity index (χ4n) is 7.60. The lowest BCUT2D eigenvalue weighted by atomic mass is 9.73. The molecule has 8 aliphatic rings. The van der Waals surface area contributed by atoms with E-state index in [0.717, 1.165) is 23.7 Å². The molecule has 4 nitrogen and oxygen atoms in total. The van der Waals surface area contributed by atoms with Gasteiger partial charge in [0.15, 0.2) is 0 Å². The highest BCUT2D eigenvalue weighted by atomic mass is 16.6. The quantitative estimate of drug-likeness (QED) is 0.646. The van der Waals surface area contributed by atoms with Crippen LogP contribution in [0.15, 0.2) is 0 Å². The van der Waals surface area contributed by atoms with Crippen molar-refractivity contribution in [3.63, 3.8) is 0 Å². The Morgan fingerprint density at radius 1 is 0.379 bits per heavy atom. The van der Waals surface area contributed by atoms with Crippen molar-refractivity contribution in [2.75, 3.05) is 0 Å². The number of epoxide rings is 4. The predicted octanol–water partition coefficient (Wildman–Crippen LogP) is 4.63. The molecule has 8 fully saturated rings.